The maximum Gasteiger partial charge on any atom is 0.183 e. The van der Waals surface area contributed by atoms with Crippen molar-refractivity contribution in [1.29, 1.82) is 0 Å². The van der Waals surface area contributed by atoms with Gasteiger partial charge in [0, 0.05) is 5.56 Å². The monoisotopic (exact) mass is 333 g/mol. The minimum atomic E-state index is -1.28. The zero-order chi connectivity index (χ0) is 14.1. The van der Waals surface area contributed by atoms with Gasteiger partial charge in [-0.1, -0.05) is 38.7 Å². The van der Waals surface area contributed by atoms with Crippen LogP contribution in [0, 0.1) is 11.6 Å². The Kier molecular flexibility index (Phi) is 4.72. The molecule has 0 fully saturated rings. The van der Waals surface area contributed by atoms with Gasteiger partial charge in [-0.2, -0.15) is 0 Å². The number of anilines is 1. The van der Waals surface area contributed by atoms with Crippen LogP contribution in [0.4, 0.5) is 14.5 Å². The van der Waals surface area contributed by atoms with Gasteiger partial charge in [-0.05, 0) is 27.5 Å². The molecule has 1 unspecified atom stereocenters. The molecule has 1 rings (SSSR count). The van der Waals surface area contributed by atoms with Crippen molar-refractivity contribution >= 4 is 35.8 Å². The first kappa shape index (κ1) is 15.4. The third kappa shape index (κ3) is 3.42. The second-order valence-electron chi connectivity index (χ2n) is 5.50. The minimum absolute atomic E-state index is 0.0921. The summed E-state index contributed by atoms with van der Waals surface area (Å²) in [7, 11) is -1.28. The highest BCUT2D eigenvalue weighted by molar-refractivity contribution is 9.10. The van der Waals surface area contributed by atoms with Crippen LogP contribution in [-0.4, -0.2) is 8.07 Å². The van der Waals surface area contributed by atoms with E-state index in [1.165, 1.54) is 6.07 Å². The van der Waals surface area contributed by atoms with Crippen LogP contribution < -0.4 is 5.73 Å². The summed E-state index contributed by atoms with van der Waals surface area (Å²) in [6.45, 7) is 8.90. The predicted molar refractivity (Wildman–Crippen MR) is 80.3 cm³/mol. The van der Waals surface area contributed by atoms with E-state index in [9.17, 15) is 8.78 Å². The van der Waals surface area contributed by atoms with Gasteiger partial charge in [-0.25, -0.2) is 8.78 Å². The first-order valence-corrected chi connectivity index (χ1v) is 10.1. The van der Waals surface area contributed by atoms with Gasteiger partial charge < -0.3 is 5.73 Å². The summed E-state index contributed by atoms with van der Waals surface area (Å²) in [6, 6.07) is 1.50. The SMILES string of the molecule is CC(/C=C/c1cc(Br)c(F)c(F)c1N)[Si](C)(C)C. The molecule has 1 aromatic carbocycles. The fourth-order valence-corrected chi connectivity index (χ4v) is 2.40. The predicted octanol–water partition coefficient (Wildman–Crippen LogP) is 5.05. The number of benzene rings is 1. The molecule has 1 aromatic rings. The van der Waals surface area contributed by atoms with Crippen LogP contribution >= 0.6 is 15.9 Å². The van der Waals surface area contributed by atoms with Crippen molar-refractivity contribution in [2.45, 2.75) is 32.1 Å². The first-order chi connectivity index (χ1) is 8.14. The third-order valence-electron chi connectivity index (χ3n) is 3.16. The highest BCUT2D eigenvalue weighted by atomic mass is 79.9. The van der Waals surface area contributed by atoms with Crippen molar-refractivity contribution in [1.82, 2.24) is 0 Å². The Labute approximate surface area is 116 Å². The van der Waals surface area contributed by atoms with Gasteiger partial charge in [0.25, 0.3) is 0 Å². The standard InChI is InChI=1S/C13H18BrF2NSi/c1-8(18(2,3)4)5-6-9-7-10(14)11(15)12(16)13(9)17/h5-8H,17H2,1-4H3/b6-5+. The average Bonchev–Trinajstić information content (AvgIpc) is 2.27. The molecule has 0 saturated carbocycles. The molecule has 18 heavy (non-hydrogen) atoms. The Hall–Kier alpha value is -0.683. The van der Waals surface area contributed by atoms with Crippen LogP contribution in [0.3, 0.4) is 0 Å². The first-order valence-electron chi connectivity index (χ1n) is 5.75. The molecule has 100 valence electrons. The maximum absolute atomic E-state index is 13.5. The van der Waals surface area contributed by atoms with Crippen LogP contribution in [0.2, 0.25) is 25.2 Å². The molecule has 1 nitrogen and oxygen atoms in total. The van der Waals surface area contributed by atoms with E-state index in [1.54, 1.807) is 6.08 Å². The van der Waals surface area contributed by atoms with Crippen molar-refractivity contribution < 1.29 is 8.78 Å². The Morgan fingerprint density at radius 1 is 1.28 bits per heavy atom. The second kappa shape index (κ2) is 5.53. The summed E-state index contributed by atoms with van der Waals surface area (Å²) in [5.41, 5.74) is 6.37. The molecule has 0 bridgehead atoms. The van der Waals surface area contributed by atoms with Gasteiger partial charge in [0.1, 0.15) is 0 Å². The summed E-state index contributed by atoms with van der Waals surface area (Å²) < 4.78 is 26.8. The number of allylic oxidation sites excluding steroid dienone is 1. The third-order valence-corrected chi connectivity index (χ3v) is 6.66. The lowest BCUT2D eigenvalue weighted by Gasteiger charge is -2.21. The van der Waals surface area contributed by atoms with E-state index in [2.05, 4.69) is 42.5 Å². The van der Waals surface area contributed by atoms with Crippen molar-refractivity contribution in [3.8, 4) is 0 Å². The van der Waals surface area contributed by atoms with Crippen molar-refractivity contribution in [2.75, 3.05) is 5.73 Å². The largest absolute Gasteiger partial charge is 0.396 e. The van der Waals surface area contributed by atoms with Crippen molar-refractivity contribution in [3.05, 3.63) is 33.8 Å². The van der Waals surface area contributed by atoms with E-state index in [1.807, 2.05) is 6.08 Å². The van der Waals surface area contributed by atoms with E-state index in [0.717, 1.165) is 0 Å². The van der Waals surface area contributed by atoms with Gasteiger partial charge in [-0.3, -0.25) is 0 Å². The average molecular weight is 334 g/mol. The molecule has 0 saturated heterocycles. The number of rotatable bonds is 3. The minimum Gasteiger partial charge on any atom is -0.396 e. The fraction of sp³-hybridized carbons (Fsp3) is 0.385. The molecule has 0 spiro atoms. The number of hydrogen-bond acceptors (Lipinski definition) is 1. The lowest BCUT2D eigenvalue weighted by molar-refractivity contribution is 0.507. The van der Waals surface area contributed by atoms with Crippen LogP contribution in [0.1, 0.15) is 12.5 Å². The van der Waals surface area contributed by atoms with Crippen LogP contribution in [0.5, 0.6) is 0 Å². The van der Waals surface area contributed by atoms with E-state index >= 15 is 0 Å². The second-order valence-corrected chi connectivity index (χ2v) is 12.0. The number of halogens is 3. The van der Waals surface area contributed by atoms with E-state index in [0.29, 0.717) is 11.1 Å². The molecule has 1 atom stereocenters. The molecule has 0 amide bonds. The molecule has 0 aliphatic heterocycles. The topological polar surface area (TPSA) is 26.0 Å². The number of nitrogens with two attached hydrogens (primary N) is 1. The molecule has 5 heteroatoms. The van der Waals surface area contributed by atoms with E-state index in [4.69, 9.17) is 5.73 Å². The molecule has 0 aliphatic rings. The van der Waals surface area contributed by atoms with Gasteiger partial charge in [0.05, 0.1) is 18.2 Å². The Morgan fingerprint density at radius 3 is 2.33 bits per heavy atom. The van der Waals surface area contributed by atoms with Gasteiger partial charge >= 0.3 is 0 Å². The zero-order valence-corrected chi connectivity index (χ0v) is 13.6. The highest BCUT2D eigenvalue weighted by Gasteiger charge is 2.20. The molecule has 0 aromatic heterocycles. The van der Waals surface area contributed by atoms with E-state index in [-0.39, 0.29) is 10.2 Å². The fourth-order valence-electron chi connectivity index (χ4n) is 1.30. The van der Waals surface area contributed by atoms with Gasteiger partial charge in [0.15, 0.2) is 11.6 Å². The van der Waals surface area contributed by atoms with Crippen molar-refractivity contribution in [3.63, 3.8) is 0 Å². The summed E-state index contributed by atoms with van der Waals surface area (Å²) in [6.07, 6.45) is 3.78. The molecular formula is C13H18BrF2NSi. The summed E-state index contributed by atoms with van der Waals surface area (Å²) >= 11 is 2.98. The molecular weight excluding hydrogens is 316 g/mol. The van der Waals surface area contributed by atoms with Crippen LogP contribution in [0.25, 0.3) is 6.08 Å². The summed E-state index contributed by atoms with van der Waals surface area (Å²) in [5.74, 6) is -1.94. The van der Waals surface area contributed by atoms with Crippen LogP contribution in [-0.2, 0) is 0 Å². The van der Waals surface area contributed by atoms with Gasteiger partial charge in [-0.15, -0.1) is 0 Å². The van der Waals surface area contributed by atoms with E-state index < -0.39 is 19.7 Å². The summed E-state index contributed by atoms with van der Waals surface area (Å²) in [5, 5.41) is 0. The highest BCUT2D eigenvalue weighted by Crippen LogP contribution is 2.29. The zero-order valence-electron chi connectivity index (χ0n) is 11.0. The summed E-state index contributed by atoms with van der Waals surface area (Å²) in [4.78, 5) is 0. The maximum atomic E-state index is 13.5. The number of hydrogen-bond donors (Lipinski definition) is 1. The van der Waals surface area contributed by atoms with Crippen molar-refractivity contribution in [2.24, 2.45) is 0 Å². The normalized spacial score (nSPS) is 14.2. The molecule has 2 N–H and O–H groups in total. The Morgan fingerprint density at radius 2 is 1.83 bits per heavy atom. The Bertz CT molecular complexity index is 481. The number of nitrogen functional groups attached to an aromatic ring is 1. The molecule has 0 heterocycles. The van der Waals surface area contributed by atoms with Crippen LogP contribution in [0.15, 0.2) is 16.6 Å². The quantitative estimate of drug-likeness (QED) is 0.467. The molecule has 0 aliphatic carbocycles. The van der Waals surface area contributed by atoms with Gasteiger partial charge in [0.2, 0.25) is 0 Å². The Balaban J connectivity index is 3.10. The lowest BCUT2D eigenvalue weighted by Crippen LogP contribution is -2.24. The lowest BCUT2D eigenvalue weighted by atomic mass is 10.1. The molecule has 0 radical (unpaired) electrons. The smallest absolute Gasteiger partial charge is 0.183 e.